The van der Waals surface area contributed by atoms with E-state index in [1.54, 1.807) is 0 Å². The first kappa shape index (κ1) is 41.0. The largest absolute Gasteiger partial charge is 0.308 e. The number of nitrogens with zero attached hydrogens (tertiary/aromatic N) is 2. The molecule has 3 heteroatoms. The second kappa shape index (κ2) is 16.9. The van der Waals surface area contributed by atoms with Gasteiger partial charge in [-0.15, -0.1) is 11.3 Å². The van der Waals surface area contributed by atoms with Gasteiger partial charge in [0.1, 0.15) is 0 Å². The van der Waals surface area contributed by atoms with Gasteiger partial charge in [-0.25, -0.2) is 0 Å². The number of para-hydroxylation sites is 1. The summed E-state index contributed by atoms with van der Waals surface area (Å²) in [5.74, 6) is 0. The van der Waals surface area contributed by atoms with E-state index >= 15 is 0 Å². The van der Waals surface area contributed by atoms with Crippen molar-refractivity contribution in [2.75, 3.05) is 4.90 Å². The highest BCUT2D eigenvalue weighted by Crippen LogP contribution is 2.51. The third-order valence-electron chi connectivity index (χ3n) is 14.3. The summed E-state index contributed by atoms with van der Waals surface area (Å²) >= 11 is 1.86. The zero-order valence-corrected chi connectivity index (χ0v) is 39.5. The molecule has 0 saturated carbocycles. The van der Waals surface area contributed by atoms with Gasteiger partial charge in [0, 0.05) is 53.1 Å². The van der Waals surface area contributed by atoms with Crippen LogP contribution in [0.2, 0.25) is 0 Å². The molecule has 0 radical (unpaired) electrons. The van der Waals surface area contributed by atoms with Gasteiger partial charge in [0.05, 0.1) is 28.1 Å². The molecule has 0 bridgehead atoms. The maximum absolute atomic E-state index is 2.61. The van der Waals surface area contributed by atoms with Gasteiger partial charge in [-0.1, -0.05) is 206 Å². The van der Waals surface area contributed by atoms with Crippen molar-refractivity contribution in [3.63, 3.8) is 0 Å². The highest BCUT2D eigenvalue weighted by Gasteiger charge is 2.27. The predicted octanol–water partition coefficient (Wildman–Crippen LogP) is 19.6. The zero-order chi connectivity index (χ0) is 46.8. The van der Waals surface area contributed by atoms with Crippen molar-refractivity contribution >= 4 is 91.9 Å². The first-order valence-corrected chi connectivity index (χ1v) is 25.1. The van der Waals surface area contributed by atoms with Crippen LogP contribution in [0.1, 0.15) is 0 Å². The fourth-order valence-corrected chi connectivity index (χ4v) is 12.2. The highest BCUT2D eigenvalue weighted by atomic mass is 32.1. The molecule has 0 spiro atoms. The van der Waals surface area contributed by atoms with Crippen molar-refractivity contribution < 1.29 is 0 Å². The number of anilines is 3. The quantitative estimate of drug-likeness (QED) is 0.138. The number of fused-ring (bicyclic) bond motifs is 9. The Balaban J connectivity index is 1.17. The first-order valence-electron chi connectivity index (χ1n) is 24.3. The van der Waals surface area contributed by atoms with E-state index in [0.29, 0.717) is 0 Å². The van der Waals surface area contributed by atoms with Crippen LogP contribution in [-0.2, 0) is 0 Å². The average molecular weight is 921 g/mol. The lowest BCUT2D eigenvalue weighted by atomic mass is 9.95. The minimum absolute atomic E-state index is 1.08. The smallest absolute Gasteiger partial charge is 0.0782 e. The van der Waals surface area contributed by atoms with E-state index in [-0.39, 0.29) is 0 Å². The van der Waals surface area contributed by atoms with Crippen LogP contribution in [-0.4, -0.2) is 4.57 Å². The van der Waals surface area contributed by atoms with Crippen molar-refractivity contribution in [2.24, 2.45) is 0 Å². The van der Waals surface area contributed by atoms with Crippen molar-refractivity contribution in [2.45, 2.75) is 0 Å². The summed E-state index contributed by atoms with van der Waals surface area (Å²) in [7, 11) is 0. The average Bonchev–Trinajstić information content (AvgIpc) is 4.00. The molecular weight excluding hydrogens is 877 g/mol. The van der Waals surface area contributed by atoms with Crippen LogP contribution < -0.4 is 4.90 Å². The Kier molecular flexibility index (Phi) is 9.75. The van der Waals surface area contributed by atoms with E-state index in [4.69, 9.17) is 0 Å². The molecule has 71 heavy (non-hydrogen) atoms. The molecule has 0 amide bonds. The van der Waals surface area contributed by atoms with Gasteiger partial charge >= 0.3 is 0 Å². The summed E-state index contributed by atoms with van der Waals surface area (Å²) in [6.45, 7) is 0. The van der Waals surface area contributed by atoms with E-state index in [1.165, 1.54) is 91.4 Å². The molecule has 0 aliphatic heterocycles. The van der Waals surface area contributed by atoms with E-state index in [2.05, 4.69) is 276 Å². The normalized spacial score (nSPS) is 11.7. The molecule has 0 aliphatic carbocycles. The third kappa shape index (κ3) is 6.85. The van der Waals surface area contributed by atoms with Crippen LogP contribution in [0, 0.1) is 0 Å². The minimum atomic E-state index is 1.08. The fourth-order valence-electron chi connectivity index (χ4n) is 11.1. The topological polar surface area (TPSA) is 8.17 Å². The first-order chi connectivity index (χ1) is 35.2. The highest BCUT2D eigenvalue weighted by molar-refractivity contribution is 7.25. The number of thiophene rings is 1. The Morgan fingerprint density at radius 3 is 1.58 bits per heavy atom. The lowest BCUT2D eigenvalue weighted by molar-refractivity contribution is 1.19. The number of hydrogen-bond donors (Lipinski definition) is 0. The number of aromatic nitrogens is 1. The third-order valence-corrected chi connectivity index (χ3v) is 15.5. The molecule has 2 heterocycles. The van der Waals surface area contributed by atoms with Gasteiger partial charge in [0.2, 0.25) is 0 Å². The molecule has 0 atom stereocenters. The number of rotatable bonds is 8. The molecule has 12 aromatic carbocycles. The van der Waals surface area contributed by atoms with E-state index in [9.17, 15) is 0 Å². The fraction of sp³-hybridized carbons (Fsp3) is 0. The molecule has 2 aromatic heterocycles. The summed E-state index contributed by atoms with van der Waals surface area (Å²) in [4.78, 5) is 2.55. The molecule has 14 rings (SSSR count). The van der Waals surface area contributed by atoms with Crippen molar-refractivity contribution in [3.8, 4) is 50.2 Å². The molecule has 14 aromatic rings. The van der Waals surface area contributed by atoms with Gasteiger partial charge in [-0.3, -0.25) is 0 Å². The minimum Gasteiger partial charge on any atom is -0.308 e. The molecule has 332 valence electrons. The Labute approximate surface area is 416 Å². The van der Waals surface area contributed by atoms with Crippen LogP contribution in [0.15, 0.2) is 267 Å². The molecular formula is C68H44N2S. The second-order valence-electron chi connectivity index (χ2n) is 18.4. The van der Waals surface area contributed by atoms with Gasteiger partial charge < -0.3 is 9.47 Å². The van der Waals surface area contributed by atoms with Crippen molar-refractivity contribution in [1.29, 1.82) is 0 Å². The number of benzene rings is 12. The maximum atomic E-state index is 2.61. The van der Waals surface area contributed by atoms with Crippen LogP contribution in [0.5, 0.6) is 0 Å². The van der Waals surface area contributed by atoms with E-state index < -0.39 is 0 Å². The number of hydrogen-bond acceptors (Lipinski definition) is 2. The molecule has 0 unspecified atom stereocenters. The van der Waals surface area contributed by atoms with E-state index in [1.807, 2.05) is 11.3 Å². The van der Waals surface area contributed by atoms with Crippen LogP contribution >= 0.6 is 11.3 Å². The predicted molar refractivity (Wildman–Crippen MR) is 305 cm³/mol. The van der Waals surface area contributed by atoms with Crippen molar-refractivity contribution in [1.82, 2.24) is 4.57 Å². The van der Waals surface area contributed by atoms with E-state index in [0.717, 1.165) is 39.4 Å². The Bertz CT molecular complexity index is 4320. The standard InChI is InChI=1S/C68H44N2S/c1-5-20-45(21-6-1)49-36-38-62(58(40-49)47-24-9-3-10-25-47)69(52-37-39-66-60(44-52)56-32-17-18-35-65(56)71-66)63-34-19-33-57-61-42-51(46-22-7-2-8-23-46)41-59(48-26-11-4-12-27-48)67(61)70(68(57)63)64-43-50-28-13-14-29-53(50)54-30-15-16-31-55(54)64/h1-44H. The summed E-state index contributed by atoms with van der Waals surface area (Å²) in [6, 6.07) is 98.4. The Morgan fingerprint density at radius 2 is 0.845 bits per heavy atom. The lowest BCUT2D eigenvalue weighted by Gasteiger charge is -2.30. The van der Waals surface area contributed by atoms with Gasteiger partial charge in [0.15, 0.2) is 0 Å². The van der Waals surface area contributed by atoms with Gasteiger partial charge in [0.25, 0.3) is 0 Å². The molecule has 0 fully saturated rings. The monoisotopic (exact) mass is 920 g/mol. The SMILES string of the molecule is c1ccc(-c2ccc(N(c3ccc4sc5ccccc5c4c3)c3cccc4c5cc(-c6ccccc6)cc(-c6ccccc6)c5n(-c5cc6ccccc6c6ccccc56)c34)c(-c3ccccc3)c2)cc1. The van der Waals surface area contributed by atoms with Crippen molar-refractivity contribution in [3.05, 3.63) is 267 Å². The summed E-state index contributed by atoms with van der Waals surface area (Å²) < 4.78 is 5.17. The van der Waals surface area contributed by atoms with Crippen LogP contribution in [0.25, 0.3) is 114 Å². The van der Waals surface area contributed by atoms with Gasteiger partial charge in [-0.05, 0) is 110 Å². The molecule has 0 aliphatic rings. The summed E-state index contributed by atoms with van der Waals surface area (Å²) in [6.07, 6.45) is 0. The molecule has 0 N–H and O–H groups in total. The zero-order valence-electron chi connectivity index (χ0n) is 38.7. The lowest BCUT2D eigenvalue weighted by Crippen LogP contribution is -2.13. The summed E-state index contributed by atoms with van der Waals surface area (Å²) in [5.41, 5.74) is 16.1. The Morgan fingerprint density at radius 1 is 0.282 bits per heavy atom. The molecule has 0 saturated heterocycles. The second-order valence-corrected chi connectivity index (χ2v) is 19.5. The molecule has 2 nitrogen and oxygen atoms in total. The maximum Gasteiger partial charge on any atom is 0.0782 e. The van der Waals surface area contributed by atoms with Gasteiger partial charge in [-0.2, -0.15) is 0 Å². The van der Waals surface area contributed by atoms with Crippen LogP contribution in [0.3, 0.4) is 0 Å². The Hall–Kier alpha value is -9.02. The van der Waals surface area contributed by atoms with Crippen LogP contribution in [0.4, 0.5) is 17.1 Å². The summed E-state index contributed by atoms with van der Waals surface area (Å²) in [5, 5.41) is 9.76.